The Labute approximate surface area is 198 Å². The first-order chi connectivity index (χ1) is 16.3. The van der Waals surface area contributed by atoms with Gasteiger partial charge < -0.3 is 9.87 Å². The smallest absolute Gasteiger partial charge is 0.335 e. The van der Waals surface area contributed by atoms with Crippen molar-refractivity contribution in [2.75, 3.05) is 0 Å². The molecule has 0 spiro atoms. The Kier molecular flexibility index (Phi) is 8.29. The Morgan fingerprint density at radius 3 is 2.50 bits per heavy atom. The Morgan fingerprint density at radius 1 is 1.15 bits per heavy atom. The maximum atomic E-state index is 13.2. The summed E-state index contributed by atoms with van der Waals surface area (Å²) >= 11 is -2.19. The van der Waals surface area contributed by atoms with E-state index >= 15 is 0 Å². The second-order valence-electron chi connectivity index (χ2n) is 7.62. The van der Waals surface area contributed by atoms with E-state index in [1.54, 1.807) is 36.4 Å². The van der Waals surface area contributed by atoms with Crippen LogP contribution in [0.4, 0.5) is 0 Å². The summed E-state index contributed by atoms with van der Waals surface area (Å²) in [5, 5.41) is 11.9. The van der Waals surface area contributed by atoms with E-state index in [9.17, 15) is 28.4 Å². The van der Waals surface area contributed by atoms with E-state index in [-0.39, 0.29) is 29.1 Å². The maximum absolute atomic E-state index is 13.2. The number of aryl methyl sites for hydroxylation is 1. The largest absolute Gasteiger partial charge is 0.772 e. The summed E-state index contributed by atoms with van der Waals surface area (Å²) in [5.74, 6) is -0.747. The molecule has 1 amide bonds. The molecule has 10 heteroatoms. The number of aromatic nitrogens is 2. The number of carbonyl (C=O) groups excluding carboxylic acids is 1. The summed E-state index contributed by atoms with van der Waals surface area (Å²) in [5.41, 5.74) is 0.263. The number of amides is 1. The average molecular weight is 480 g/mol. The number of rotatable bonds is 9. The van der Waals surface area contributed by atoms with Gasteiger partial charge in [0, 0.05) is 25.0 Å². The topological polar surface area (TPSA) is 137 Å². The third-order valence-corrected chi connectivity index (χ3v) is 5.72. The first-order valence-electron chi connectivity index (χ1n) is 10.6. The first-order valence-corrected chi connectivity index (χ1v) is 11.9. The van der Waals surface area contributed by atoms with E-state index in [1.165, 1.54) is 22.9 Å². The SMILES string of the molecule is CCCCn1cc(C(=O)NCc2ccc(CS(=O)[O-])cc2)c(=O)n(-c2cccc(C#N)c2)c1=O. The fourth-order valence-corrected chi connectivity index (χ4v) is 3.82. The van der Waals surface area contributed by atoms with Crippen LogP contribution in [-0.4, -0.2) is 23.8 Å². The van der Waals surface area contributed by atoms with E-state index in [0.717, 1.165) is 16.6 Å². The Hall–Kier alpha value is -3.81. The molecule has 0 radical (unpaired) electrons. The first kappa shape index (κ1) is 24.8. The standard InChI is InChI=1S/C24H24N4O5S/c1-2-3-11-27-15-21(22(29)26-14-17-7-9-18(10-8-17)16-34(32)33)23(30)28(24(27)31)20-6-4-5-19(12-20)13-25/h4-10,12,15H,2-3,11,14,16H2,1H3,(H,26,29)(H,32,33)/p-1. The molecule has 2 aromatic carbocycles. The number of nitrogens with one attached hydrogen (secondary N) is 1. The zero-order valence-electron chi connectivity index (χ0n) is 18.5. The van der Waals surface area contributed by atoms with Gasteiger partial charge in [-0.25, -0.2) is 9.36 Å². The highest BCUT2D eigenvalue weighted by atomic mass is 32.2. The summed E-state index contributed by atoms with van der Waals surface area (Å²) in [4.78, 5) is 39.1. The summed E-state index contributed by atoms with van der Waals surface area (Å²) in [6.45, 7) is 2.40. The van der Waals surface area contributed by atoms with Gasteiger partial charge in [-0.3, -0.25) is 18.4 Å². The lowest BCUT2D eigenvalue weighted by atomic mass is 10.1. The Balaban J connectivity index is 1.94. The van der Waals surface area contributed by atoms with Crippen LogP contribution in [0, 0.1) is 11.3 Å². The van der Waals surface area contributed by atoms with Gasteiger partial charge in [0.25, 0.3) is 11.5 Å². The molecular weight excluding hydrogens is 456 g/mol. The van der Waals surface area contributed by atoms with E-state index in [0.29, 0.717) is 18.5 Å². The molecule has 0 aliphatic heterocycles. The van der Waals surface area contributed by atoms with E-state index in [2.05, 4.69) is 5.32 Å². The van der Waals surface area contributed by atoms with E-state index in [1.807, 2.05) is 13.0 Å². The molecule has 1 unspecified atom stereocenters. The van der Waals surface area contributed by atoms with Crippen LogP contribution in [0.1, 0.15) is 46.8 Å². The predicted molar refractivity (Wildman–Crippen MR) is 126 cm³/mol. The van der Waals surface area contributed by atoms with Crippen molar-refractivity contribution in [3.63, 3.8) is 0 Å². The highest BCUT2D eigenvalue weighted by Gasteiger charge is 2.18. The summed E-state index contributed by atoms with van der Waals surface area (Å²) in [6, 6.07) is 14.7. The van der Waals surface area contributed by atoms with Crippen molar-refractivity contribution in [1.82, 2.24) is 14.5 Å². The minimum atomic E-state index is -2.19. The molecule has 0 fully saturated rings. The zero-order valence-corrected chi connectivity index (χ0v) is 19.3. The van der Waals surface area contributed by atoms with Crippen molar-refractivity contribution in [3.8, 4) is 11.8 Å². The number of nitriles is 1. The lowest BCUT2D eigenvalue weighted by Crippen LogP contribution is -2.43. The monoisotopic (exact) mass is 479 g/mol. The number of benzene rings is 2. The third-order valence-electron chi connectivity index (χ3n) is 5.15. The average Bonchev–Trinajstić information content (AvgIpc) is 2.83. The second-order valence-corrected chi connectivity index (χ2v) is 8.52. The minimum Gasteiger partial charge on any atom is -0.772 e. The van der Waals surface area contributed by atoms with Gasteiger partial charge in [0.2, 0.25) is 0 Å². The van der Waals surface area contributed by atoms with Gasteiger partial charge in [-0.1, -0.05) is 54.8 Å². The van der Waals surface area contributed by atoms with Gasteiger partial charge >= 0.3 is 5.69 Å². The van der Waals surface area contributed by atoms with Crippen LogP contribution >= 0.6 is 0 Å². The number of hydrogen-bond donors (Lipinski definition) is 1. The molecule has 0 bridgehead atoms. The maximum Gasteiger partial charge on any atom is 0.335 e. The minimum absolute atomic E-state index is 0.0987. The number of nitrogens with zero attached hydrogens (tertiary/aromatic N) is 3. The molecule has 176 valence electrons. The summed E-state index contributed by atoms with van der Waals surface area (Å²) < 4.78 is 23.9. The van der Waals surface area contributed by atoms with Gasteiger partial charge in [-0.2, -0.15) is 5.26 Å². The van der Waals surface area contributed by atoms with Crippen LogP contribution in [0.3, 0.4) is 0 Å². The van der Waals surface area contributed by atoms with Gasteiger partial charge in [0.1, 0.15) is 5.56 Å². The predicted octanol–water partition coefficient (Wildman–Crippen LogP) is 1.98. The van der Waals surface area contributed by atoms with Crippen molar-refractivity contribution in [2.45, 2.75) is 38.6 Å². The van der Waals surface area contributed by atoms with Crippen molar-refractivity contribution in [1.29, 1.82) is 5.26 Å². The van der Waals surface area contributed by atoms with Crippen LogP contribution in [0.25, 0.3) is 5.69 Å². The van der Waals surface area contributed by atoms with Crippen molar-refractivity contribution in [3.05, 3.63) is 97.8 Å². The van der Waals surface area contributed by atoms with Gasteiger partial charge in [0.05, 0.1) is 17.3 Å². The second kappa shape index (κ2) is 11.4. The highest BCUT2D eigenvalue weighted by molar-refractivity contribution is 7.78. The van der Waals surface area contributed by atoms with Crippen LogP contribution < -0.4 is 16.6 Å². The third kappa shape index (κ3) is 5.95. The normalized spacial score (nSPS) is 11.6. The number of hydrogen-bond acceptors (Lipinski definition) is 6. The van der Waals surface area contributed by atoms with Crippen LogP contribution in [0.5, 0.6) is 0 Å². The van der Waals surface area contributed by atoms with E-state index in [4.69, 9.17) is 0 Å². The molecule has 0 aliphatic rings. The van der Waals surface area contributed by atoms with Gasteiger partial charge in [-0.15, -0.1) is 0 Å². The Bertz CT molecular complexity index is 1370. The summed E-state index contributed by atoms with van der Waals surface area (Å²) in [6.07, 6.45) is 2.76. The molecule has 3 aromatic rings. The molecule has 1 heterocycles. The Morgan fingerprint density at radius 2 is 1.85 bits per heavy atom. The van der Waals surface area contributed by atoms with Crippen molar-refractivity contribution >= 4 is 17.0 Å². The fourth-order valence-electron chi connectivity index (χ4n) is 3.36. The highest BCUT2D eigenvalue weighted by Crippen LogP contribution is 2.09. The quantitative estimate of drug-likeness (QED) is 0.466. The number of unbranched alkanes of at least 4 members (excludes halogenated alkanes) is 1. The van der Waals surface area contributed by atoms with Gasteiger partial charge in [0.15, 0.2) is 0 Å². The number of carbonyl (C=O) groups is 1. The van der Waals surface area contributed by atoms with E-state index < -0.39 is 28.2 Å². The zero-order chi connectivity index (χ0) is 24.7. The lowest BCUT2D eigenvalue weighted by molar-refractivity contribution is 0.0948. The molecule has 9 nitrogen and oxygen atoms in total. The van der Waals surface area contributed by atoms with Crippen molar-refractivity contribution in [2.24, 2.45) is 0 Å². The summed E-state index contributed by atoms with van der Waals surface area (Å²) in [7, 11) is 0. The molecule has 1 aromatic heterocycles. The van der Waals surface area contributed by atoms with Crippen LogP contribution in [0.15, 0.2) is 64.3 Å². The molecule has 34 heavy (non-hydrogen) atoms. The molecule has 1 N–H and O–H groups in total. The molecule has 0 aliphatic carbocycles. The molecule has 0 saturated carbocycles. The van der Waals surface area contributed by atoms with Gasteiger partial charge in [-0.05, 0) is 35.7 Å². The van der Waals surface area contributed by atoms with Crippen LogP contribution in [-0.2, 0) is 29.9 Å². The molecular formula is C24H23N4O5S-. The lowest BCUT2D eigenvalue weighted by Gasteiger charge is -2.13. The van der Waals surface area contributed by atoms with Crippen LogP contribution in [0.2, 0.25) is 0 Å². The fraction of sp³-hybridized carbons (Fsp3) is 0.250. The molecule has 1 atom stereocenters. The molecule has 3 rings (SSSR count). The molecule has 0 saturated heterocycles. The van der Waals surface area contributed by atoms with Crippen molar-refractivity contribution < 1.29 is 13.6 Å².